The average Bonchev–Trinajstić information content (AvgIpc) is 3.17. The molecular weight excluding hydrogens is 367 g/mol. The number of rotatable bonds is 4. The predicted octanol–water partition coefficient (Wildman–Crippen LogP) is 4.94. The lowest BCUT2D eigenvalue weighted by Gasteiger charge is -2.34. The van der Waals surface area contributed by atoms with Crippen LogP contribution >= 0.6 is 0 Å². The third kappa shape index (κ3) is 3.60. The highest BCUT2D eigenvalue weighted by atomic mass is 19.1. The van der Waals surface area contributed by atoms with E-state index in [0.717, 1.165) is 60.1 Å². The molecule has 1 atom stereocenters. The number of nitrogens with one attached hydrogen (secondary N) is 2. The fourth-order valence-corrected chi connectivity index (χ4v) is 5.03. The second kappa shape index (κ2) is 7.71. The second-order valence-corrected chi connectivity index (χ2v) is 8.30. The lowest BCUT2D eigenvalue weighted by atomic mass is 9.81. The zero-order valence-electron chi connectivity index (χ0n) is 16.7. The number of halogens is 1. The van der Waals surface area contributed by atoms with Gasteiger partial charge in [-0.15, -0.1) is 0 Å². The van der Waals surface area contributed by atoms with Crippen molar-refractivity contribution in [3.63, 3.8) is 0 Å². The zero-order chi connectivity index (χ0) is 19.8. The number of hydrogen-bond donors (Lipinski definition) is 2. The van der Waals surface area contributed by atoms with Gasteiger partial charge in [0, 0.05) is 34.7 Å². The number of aromatic amines is 1. The van der Waals surface area contributed by atoms with Crippen LogP contribution in [0, 0.1) is 5.82 Å². The molecule has 5 rings (SSSR count). The van der Waals surface area contributed by atoms with Crippen LogP contribution in [-0.2, 0) is 6.42 Å². The summed E-state index contributed by atoms with van der Waals surface area (Å²) in [5, 5.41) is 4.85. The van der Waals surface area contributed by atoms with Crippen molar-refractivity contribution >= 4 is 10.9 Å². The van der Waals surface area contributed by atoms with Gasteiger partial charge >= 0.3 is 0 Å². The van der Waals surface area contributed by atoms with E-state index in [-0.39, 0.29) is 5.82 Å². The van der Waals surface area contributed by atoms with Crippen molar-refractivity contribution in [1.29, 1.82) is 0 Å². The third-order valence-corrected chi connectivity index (χ3v) is 6.51. The number of fused-ring (bicyclic) bond motifs is 2. The summed E-state index contributed by atoms with van der Waals surface area (Å²) in [6.45, 7) is 0.696. The molecular formula is C24H27FN2O2. The maximum atomic E-state index is 13.7. The van der Waals surface area contributed by atoms with Gasteiger partial charge in [-0.25, -0.2) is 4.39 Å². The minimum Gasteiger partial charge on any atom is -0.496 e. The molecule has 29 heavy (non-hydrogen) atoms. The molecule has 152 valence electrons. The summed E-state index contributed by atoms with van der Waals surface area (Å²) in [6.07, 6.45) is 7.49. The van der Waals surface area contributed by atoms with Crippen LogP contribution in [-0.4, -0.2) is 30.8 Å². The molecule has 1 aliphatic heterocycles. The van der Waals surface area contributed by atoms with Crippen molar-refractivity contribution in [1.82, 2.24) is 10.3 Å². The predicted molar refractivity (Wildman–Crippen MR) is 112 cm³/mol. The molecule has 0 saturated heterocycles. The topological polar surface area (TPSA) is 46.3 Å². The van der Waals surface area contributed by atoms with Crippen LogP contribution in [0.1, 0.15) is 42.7 Å². The molecule has 2 aromatic carbocycles. The maximum Gasteiger partial charge on any atom is 0.126 e. The number of hydrogen-bond acceptors (Lipinski definition) is 3. The molecule has 2 heterocycles. The van der Waals surface area contributed by atoms with Gasteiger partial charge < -0.3 is 19.8 Å². The van der Waals surface area contributed by atoms with Crippen LogP contribution in [0.4, 0.5) is 4.39 Å². The normalized spacial score (nSPS) is 24.1. The smallest absolute Gasteiger partial charge is 0.126 e. The third-order valence-electron chi connectivity index (χ3n) is 6.51. The molecule has 3 aromatic rings. The van der Waals surface area contributed by atoms with Crippen LogP contribution in [0.2, 0.25) is 0 Å². The summed E-state index contributed by atoms with van der Waals surface area (Å²) in [4.78, 5) is 3.30. The molecule has 1 aliphatic carbocycles. The van der Waals surface area contributed by atoms with Gasteiger partial charge in [-0.1, -0.05) is 6.07 Å². The van der Waals surface area contributed by atoms with Gasteiger partial charge in [-0.3, -0.25) is 0 Å². The average molecular weight is 394 g/mol. The van der Waals surface area contributed by atoms with Crippen LogP contribution in [0.25, 0.3) is 10.9 Å². The van der Waals surface area contributed by atoms with E-state index in [1.165, 1.54) is 11.6 Å². The van der Waals surface area contributed by atoms with Crippen molar-refractivity contribution in [3.8, 4) is 11.5 Å². The van der Waals surface area contributed by atoms with Crippen molar-refractivity contribution < 1.29 is 13.9 Å². The molecule has 1 aromatic heterocycles. The van der Waals surface area contributed by atoms with E-state index in [9.17, 15) is 4.39 Å². The van der Waals surface area contributed by atoms with Crippen LogP contribution in [0.15, 0.2) is 42.6 Å². The Morgan fingerprint density at radius 1 is 1.10 bits per heavy atom. The Morgan fingerprint density at radius 2 is 1.97 bits per heavy atom. The fraction of sp³-hybridized carbons (Fsp3) is 0.417. The van der Waals surface area contributed by atoms with Crippen LogP contribution in [0.3, 0.4) is 0 Å². The molecule has 0 spiro atoms. The first-order chi connectivity index (χ1) is 14.2. The number of aromatic nitrogens is 1. The van der Waals surface area contributed by atoms with Crippen LogP contribution < -0.4 is 14.8 Å². The molecule has 1 fully saturated rings. The quantitative estimate of drug-likeness (QED) is 0.659. The molecule has 0 bridgehead atoms. The minimum absolute atomic E-state index is 0.165. The molecule has 1 unspecified atom stereocenters. The number of ether oxygens (including phenoxy) is 2. The van der Waals surface area contributed by atoms with Gasteiger partial charge in [0.15, 0.2) is 0 Å². The Morgan fingerprint density at radius 3 is 2.79 bits per heavy atom. The van der Waals surface area contributed by atoms with Gasteiger partial charge in [-0.2, -0.15) is 0 Å². The standard InChI is InChI=1S/C24H27FN2O2/c1-28-23-3-2-4-24-20(23)12-18(14-29-24)27-17-8-5-15(6-9-17)21-13-26-22-10-7-16(25)11-19(21)22/h2-4,7,10-11,13,15,17-18,26-27H,5-6,8-9,12,14H2,1H3. The number of benzene rings is 2. The molecule has 2 aliphatic rings. The van der Waals surface area contributed by atoms with Crippen LogP contribution in [0.5, 0.6) is 11.5 Å². The van der Waals surface area contributed by atoms with E-state index in [0.29, 0.717) is 24.6 Å². The van der Waals surface area contributed by atoms with Crippen molar-refractivity contribution in [2.75, 3.05) is 13.7 Å². The van der Waals surface area contributed by atoms with Gasteiger partial charge in [0.05, 0.1) is 7.11 Å². The van der Waals surface area contributed by atoms with E-state index in [2.05, 4.69) is 16.5 Å². The minimum atomic E-state index is -0.165. The van der Waals surface area contributed by atoms with E-state index in [1.807, 2.05) is 24.3 Å². The number of methoxy groups -OCH3 is 1. The zero-order valence-corrected chi connectivity index (χ0v) is 16.7. The van der Waals surface area contributed by atoms with Crippen molar-refractivity contribution in [2.45, 2.75) is 50.1 Å². The lowest BCUT2D eigenvalue weighted by Crippen LogP contribution is -2.46. The van der Waals surface area contributed by atoms with Gasteiger partial charge in [0.2, 0.25) is 0 Å². The summed E-state index contributed by atoms with van der Waals surface area (Å²) in [5.74, 6) is 2.18. The molecule has 5 heteroatoms. The Balaban J connectivity index is 1.22. The highest BCUT2D eigenvalue weighted by Gasteiger charge is 2.28. The summed E-state index contributed by atoms with van der Waals surface area (Å²) in [5.41, 5.74) is 3.44. The van der Waals surface area contributed by atoms with Gasteiger partial charge in [0.1, 0.15) is 23.9 Å². The molecule has 2 N–H and O–H groups in total. The lowest BCUT2D eigenvalue weighted by molar-refractivity contribution is 0.209. The first-order valence-electron chi connectivity index (χ1n) is 10.5. The Kier molecular flexibility index (Phi) is 4.92. The largest absolute Gasteiger partial charge is 0.496 e. The molecule has 1 saturated carbocycles. The Labute approximate surface area is 170 Å². The van der Waals surface area contributed by atoms with Crippen molar-refractivity contribution in [2.24, 2.45) is 0 Å². The van der Waals surface area contributed by atoms with E-state index < -0.39 is 0 Å². The van der Waals surface area contributed by atoms with Crippen molar-refractivity contribution in [3.05, 3.63) is 59.5 Å². The Bertz CT molecular complexity index is 993. The summed E-state index contributed by atoms with van der Waals surface area (Å²) >= 11 is 0. The van der Waals surface area contributed by atoms with Gasteiger partial charge in [0.25, 0.3) is 0 Å². The van der Waals surface area contributed by atoms with E-state index in [1.54, 1.807) is 13.2 Å². The SMILES string of the molecule is COc1cccc2c1CC(NC1CCC(c3c[nH]c4ccc(F)cc34)CC1)CO2. The summed E-state index contributed by atoms with van der Waals surface area (Å²) in [6, 6.07) is 11.8. The molecule has 0 amide bonds. The maximum absolute atomic E-state index is 13.7. The summed E-state index contributed by atoms with van der Waals surface area (Å²) < 4.78 is 25.2. The van der Waals surface area contributed by atoms with E-state index in [4.69, 9.17) is 9.47 Å². The molecule has 4 nitrogen and oxygen atoms in total. The Hall–Kier alpha value is -2.53. The highest BCUT2D eigenvalue weighted by molar-refractivity contribution is 5.83. The highest BCUT2D eigenvalue weighted by Crippen LogP contribution is 2.38. The first-order valence-corrected chi connectivity index (χ1v) is 10.5. The monoisotopic (exact) mass is 394 g/mol. The second-order valence-electron chi connectivity index (χ2n) is 8.30. The fourth-order valence-electron chi connectivity index (χ4n) is 5.03. The first kappa shape index (κ1) is 18.5. The number of H-pyrrole nitrogens is 1. The van der Waals surface area contributed by atoms with E-state index >= 15 is 0 Å². The molecule has 0 radical (unpaired) electrons. The van der Waals surface area contributed by atoms with Gasteiger partial charge in [-0.05, 0) is 73.9 Å². The summed E-state index contributed by atoms with van der Waals surface area (Å²) in [7, 11) is 1.71.